The number of ether oxygens (including phenoxy) is 1. The van der Waals surface area contributed by atoms with E-state index in [1.807, 2.05) is 21.9 Å². The van der Waals surface area contributed by atoms with Gasteiger partial charge in [0, 0.05) is 64.5 Å². The number of carbonyl (C=O) groups excluding carboxylic acids is 2. The lowest BCUT2D eigenvalue weighted by atomic mass is 10.1. The van der Waals surface area contributed by atoms with E-state index in [4.69, 9.17) is 4.74 Å². The average Bonchev–Trinajstić information content (AvgIpc) is 3.30. The van der Waals surface area contributed by atoms with Gasteiger partial charge in [0.05, 0.1) is 19.8 Å². The van der Waals surface area contributed by atoms with Gasteiger partial charge in [0.25, 0.3) is 5.91 Å². The van der Waals surface area contributed by atoms with Crippen LogP contribution < -0.4 is 0 Å². The number of rotatable bonds is 5. The minimum atomic E-state index is 0.154. The van der Waals surface area contributed by atoms with E-state index >= 15 is 0 Å². The fraction of sp³-hybridized carbons (Fsp3) is 0.636. The summed E-state index contributed by atoms with van der Waals surface area (Å²) in [5, 5.41) is 0. The Bertz CT molecular complexity index is 689. The Balaban J connectivity index is 1.22. The maximum absolute atomic E-state index is 12.5. The van der Waals surface area contributed by atoms with Gasteiger partial charge in [-0.05, 0) is 30.5 Å². The fourth-order valence-corrected chi connectivity index (χ4v) is 4.32. The molecule has 1 aromatic carbocycles. The molecular formula is C22H32N4O3. The summed E-state index contributed by atoms with van der Waals surface area (Å²) in [7, 11) is 0. The fourth-order valence-electron chi connectivity index (χ4n) is 4.32. The van der Waals surface area contributed by atoms with E-state index in [0.717, 1.165) is 90.5 Å². The van der Waals surface area contributed by atoms with Gasteiger partial charge in [-0.15, -0.1) is 0 Å². The standard InChI is InChI=1S/C22H32N4O3/c27-21(18-24-13-15-29-16-14-24)25-11-9-23(10-12-25)17-19-3-5-20(6-4-19)22(28)26-7-1-2-8-26/h3-6H,1-2,7-18H2. The summed E-state index contributed by atoms with van der Waals surface area (Å²) in [6.07, 6.45) is 2.23. The van der Waals surface area contributed by atoms with Crippen LogP contribution in [0.1, 0.15) is 28.8 Å². The van der Waals surface area contributed by atoms with Crippen molar-refractivity contribution in [2.24, 2.45) is 0 Å². The van der Waals surface area contributed by atoms with E-state index in [0.29, 0.717) is 6.54 Å². The highest BCUT2D eigenvalue weighted by Crippen LogP contribution is 2.15. The topological polar surface area (TPSA) is 56.3 Å². The van der Waals surface area contributed by atoms with Gasteiger partial charge in [-0.1, -0.05) is 12.1 Å². The second-order valence-electron chi connectivity index (χ2n) is 8.24. The zero-order chi connectivity index (χ0) is 20.1. The number of morpholine rings is 1. The molecule has 3 saturated heterocycles. The summed E-state index contributed by atoms with van der Waals surface area (Å²) < 4.78 is 5.35. The van der Waals surface area contributed by atoms with Gasteiger partial charge in [-0.2, -0.15) is 0 Å². The van der Waals surface area contributed by atoms with Crippen molar-refractivity contribution in [1.82, 2.24) is 19.6 Å². The van der Waals surface area contributed by atoms with E-state index in [9.17, 15) is 9.59 Å². The van der Waals surface area contributed by atoms with Gasteiger partial charge in [-0.25, -0.2) is 0 Å². The van der Waals surface area contributed by atoms with Crippen LogP contribution in [0, 0.1) is 0 Å². The van der Waals surface area contributed by atoms with Crippen LogP contribution >= 0.6 is 0 Å². The third-order valence-electron chi connectivity index (χ3n) is 6.19. The second-order valence-corrected chi connectivity index (χ2v) is 8.24. The molecule has 3 fully saturated rings. The van der Waals surface area contributed by atoms with Gasteiger partial charge in [0.15, 0.2) is 0 Å². The molecule has 4 rings (SSSR count). The number of hydrogen-bond donors (Lipinski definition) is 0. The Morgan fingerprint density at radius 1 is 0.759 bits per heavy atom. The van der Waals surface area contributed by atoms with Gasteiger partial charge >= 0.3 is 0 Å². The van der Waals surface area contributed by atoms with Crippen molar-refractivity contribution < 1.29 is 14.3 Å². The van der Waals surface area contributed by atoms with Crippen molar-refractivity contribution in [1.29, 1.82) is 0 Å². The van der Waals surface area contributed by atoms with Crippen LogP contribution in [-0.2, 0) is 16.1 Å². The summed E-state index contributed by atoms with van der Waals surface area (Å²) in [5.41, 5.74) is 2.00. The van der Waals surface area contributed by atoms with Crippen LogP contribution in [0.4, 0.5) is 0 Å². The molecular weight excluding hydrogens is 368 g/mol. The third kappa shape index (κ3) is 5.35. The molecule has 3 heterocycles. The first-order valence-corrected chi connectivity index (χ1v) is 10.9. The maximum atomic E-state index is 12.5. The maximum Gasteiger partial charge on any atom is 0.253 e. The van der Waals surface area contributed by atoms with Crippen LogP contribution in [0.25, 0.3) is 0 Å². The number of piperazine rings is 1. The molecule has 0 unspecified atom stereocenters. The van der Waals surface area contributed by atoms with Crippen molar-refractivity contribution in [2.75, 3.05) is 72.1 Å². The molecule has 1 aromatic rings. The molecule has 7 heteroatoms. The molecule has 0 aliphatic carbocycles. The van der Waals surface area contributed by atoms with E-state index in [1.165, 1.54) is 5.56 Å². The minimum absolute atomic E-state index is 0.154. The van der Waals surface area contributed by atoms with Crippen molar-refractivity contribution >= 4 is 11.8 Å². The first-order chi connectivity index (χ1) is 14.2. The molecule has 3 aliphatic rings. The Hall–Kier alpha value is -1.96. The largest absolute Gasteiger partial charge is 0.379 e. The molecule has 7 nitrogen and oxygen atoms in total. The monoisotopic (exact) mass is 400 g/mol. The number of hydrogen-bond acceptors (Lipinski definition) is 5. The normalized spacial score (nSPS) is 21.5. The molecule has 0 aromatic heterocycles. The zero-order valence-corrected chi connectivity index (χ0v) is 17.2. The van der Waals surface area contributed by atoms with Crippen molar-refractivity contribution in [3.63, 3.8) is 0 Å². The predicted octanol–water partition coefficient (Wildman–Crippen LogP) is 0.899. The summed E-state index contributed by atoms with van der Waals surface area (Å²) in [6, 6.07) is 8.05. The van der Waals surface area contributed by atoms with Crippen LogP contribution in [0.15, 0.2) is 24.3 Å². The average molecular weight is 401 g/mol. The smallest absolute Gasteiger partial charge is 0.253 e. The van der Waals surface area contributed by atoms with Gasteiger partial charge in [0.2, 0.25) is 5.91 Å². The Kier molecular flexibility index (Phi) is 6.79. The van der Waals surface area contributed by atoms with Gasteiger partial charge in [-0.3, -0.25) is 19.4 Å². The molecule has 29 heavy (non-hydrogen) atoms. The number of likely N-dealkylation sites (tertiary alicyclic amines) is 1. The van der Waals surface area contributed by atoms with E-state index in [-0.39, 0.29) is 11.8 Å². The summed E-state index contributed by atoms with van der Waals surface area (Å²) in [4.78, 5) is 33.5. The van der Waals surface area contributed by atoms with Crippen LogP contribution in [0.2, 0.25) is 0 Å². The summed E-state index contributed by atoms with van der Waals surface area (Å²) >= 11 is 0. The van der Waals surface area contributed by atoms with Gasteiger partial charge in [0.1, 0.15) is 0 Å². The number of amides is 2. The molecule has 0 bridgehead atoms. The summed E-state index contributed by atoms with van der Waals surface area (Å²) in [6.45, 7) is 9.65. The van der Waals surface area contributed by atoms with E-state index < -0.39 is 0 Å². The number of carbonyl (C=O) groups is 2. The second kappa shape index (κ2) is 9.69. The number of nitrogens with zero attached hydrogens (tertiary/aromatic N) is 4. The third-order valence-corrected chi connectivity index (χ3v) is 6.19. The Morgan fingerprint density at radius 3 is 2.07 bits per heavy atom. The Morgan fingerprint density at radius 2 is 1.41 bits per heavy atom. The first kappa shape index (κ1) is 20.3. The Labute approximate surface area is 173 Å². The van der Waals surface area contributed by atoms with Crippen LogP contribution in [0.3, 0.4) is 0 Å². The van der Waals surface area contributed by atoms with Crippen molar-refractivity contribution in [3.05, 3.63) is 35.4 Å². The van der Waals surface area contributed by atoms with Crippen LogP contribution in [-0.4, -0.2) is 104 Å². The highest BCUT2D eigenvalue weighted by atomic mass is 16.5. The van der Waals surface area contributed by atoms with Crippen LogP contribution in [0.5, 0.6) is 0 Å². The molecule has 0 spiro atoms. The first-order valence-electron chi connectivity index (χ1n) is 10.9. The van der Waals surface area contributed by atoms with Crippen molar-refractivity contribution in [3.8, 4) is 0 Å². The van der Waals surface area contributed by atoms with Crippen molar-refractivity contribution in [2.45, 2.75) is 19.4 Å². The minimum Gasteiger partial charge on any atom is -0.379 e. The molecule has 3 aliphatic heterocycles. The molecule has 158 valence electrons. The highest BCUT2D eigenvalue weighted by Gasteiger charge is 2.24. The number of benzene rings is 1. The lowest BCUT2D eigenvalue weighted by Crippen LogP contribution is -2.51. The molecule has 0 atom stereocenters. The predicted molar refractivity (Wildman–Crippen MR) is 111 cm³/mol. The molecule has 0 radical (unpaired) electrons. The van der Waals surface area contributed by atoms with E-state index in [1.54, 1.807) is 0 Å². The molecule has 0 saturated carbocycles. The summed E-state index contributed by atoms with van der Waals surface area (Å²) in [5.74, 6) is 0.387. The molecule has 0 N–H and O–H groups in total. The lowest BCUT2D eigenvalue weighted by molar-refractivity contribution is -0.135. The zero-order valence-electron chi connectivity index (χ0n) is 17.2. The SMILES string of the molecule is O=C(CN1CCOCC1)N1CCN(Cc2ccc(C(=O)N3CCCC3)cc2)CC1. The highest BCUT2D eigenvalue weighted by molar-refractivity contribution is 5.94. The van der Waals surface area contributed by atoms with E-state index in [2.05, 4.69) is 21.9 Å². The molecule has 2 amide bonds. The lowest BCUT2D eigenvalue weighted by Gasteiger charge is -2.36. The quantitative estimate of drug-likeness (QED) is 0.735. The van der Waals surface area contributed by atoms with Gasteiger partial charge < -0.3 is 14.5 Å².